The van der Waals surface area contributed by atoms with Crippen LogP contribution in [0.15, 0.2) is 18.2 Å². The number of carbonyl (C=O) groups is 2. The third-order valence-corrected chi connectivity index (χ3v) is 3.01. The number of carbonyl (C=O) groups excluding carboxylic acids is 2. The predicted molar refractivity (Wildman–Crippen MR) is 76.4 cm³/mol. The molecular formula is C14H18F3N3O2. The van der Waals surface area contributed by atoms with Gasteiger partial charge in [-0.3, -0.25) is 9.59 Å². The molecule has 0 aliphatic rings. The fraction of sp³-hybridized carbons (Fsp3) is 0.429. The molecule has 4 N–H and O–H groups in total. The van der Waals surface area contributed by atoms with E-state index in [1.54, 1.807) is 25.2 Å². The van der Waals surface area contributed by atoms with Gasteiger partial charge in [-0.15, -0.1) is 0 Å². The van der Waals surface area contributed by atoms with Gasteiger partial charge in [0.2, 0.25) is 5.91 Å². The highest BCUT2D eigenvalue weighted by molar-refractivity contribution is 5.98. The Balaban J connectivity index is 2.85. The first-order valence-electron chi connectivity index (χ1n) is 6.60. The lowest BCUT2D eigenvalue weighted by atomic mass is 10.1. The van der Waals surface area contributed by atoms with Crippen LogP contribution in [0.2, 0.25) is 0 Å². The van der Waals surface area contributed by atoms with Crippen molar-refractivity contribution in [3.05, 3.63) is 29.3 Å². The van der Waals surface area contributed by atoms with Crippen molar-refractivity contribution in [1.82, 2.24) is 5.32 Å². The molecule has 1 rings (SSSR count). The molecule has 2 amide bonds. The summed E-state index contributed by atoms with van der Waals surface area (Å²) in [7, 11) is 0. The molecule has 22 heavy (non-hydrogen) atoms. The average Bonchev–Trinajstić information content (AvgIpc) is 2.45. The van der Waals surface area contributed by atoms with E-state index in [4.69, 9.17) is 5.73 Å². The van der Waals surface area contributed by atoms with Crippen LogP contribution in [0.3, 0.4) is 0 Å². The summed E-state index contributed by atoms with van der Waals surface area (Å²) < 4.78 is 36.3. The number of hydrogen-bond donors (Lipinski definition) is 3. The van der Waals surface area contributed by atoms with Crippen LogP contribution in [0.5, 0.6) is 0 Å². The lowest BCUT2D eigenvalue weighted by Crippen LogP contribution is -2.33. The molecule has 1 unspecified atom stereocenters. The molecule has 1 aromatic carbocycles. The van der Waals surface area contributed by atoms with Gasteiger partial charge < -0.3 is 16.4 Å². The Bertz CT molecular complexity index is 559. The number of benzene rings is 1. The smallest absolute Gasteiger partial charge is 0.343 e. The number of nitrogens with two attached hydrogens (primary N) is 1. The second-order valence-electron chi connectivity index (χ2n) is 4.95. The summed E-state index contributed by atoms with van der Waals surface area (Å²) in [5.41, 5.74) is 6.48. The molecule has 0 saturated carbocycles. The minimum atomic E-state index is -4.48. The molecular weight excluding hydrogens is 299 g/mol. The topological polar surface area (TPSA) is 84.2 Å². The van der Waals surface area contributed by atoms with E-state index in [0.29, 0.717) is 11.3 Å². The highest BCUT2D eigenvalue weighted by atomic mass is 19.4. The Morgan fingerprint density at radius 1 is 1.32 bits per heavy atom. The molecule has 8 heteroatoms. The van der Waals surface area contributed by atoms with Gasteiger partial charge in [-0.05, 0) is 24.6 Å². The lowest BCUT2D eigenvalue weighted by molar-refractivity contribution is -0.123. The Labute approximate surface area is 126 Å². The molecule has 0 spiro atoms. The molecule has 1 atom stereocenters. The molecule has 0 heterocycles. The maximum atomic E-state index is 12.1. The summed E-state index contributed by atoms with van der Waals surface area (Å²) in [6.07, 6.45) is -4.48. The van der Waals surface area contributed by atoms with Crippen molar-refractivity contribution in [2.45, 2.75) is 20.0 Å². The zero-order valence-corrected chi connectivity index (χ0v) is 12.3. The van der Waals surface area contributed by atoms with E-state index in [0.717, 1.165) is 0 Å². The Morgan fingerprint density at radius 3 is 2.50 bits per heavy atom. The number of rotatable bonds is 5. The Morgan fingerprint density at radius 2 is 1.95 bits per heavy atom. The summed E-state index contributed by atoms with van der Waals surface area (Å²) in [6.45, 7) is 2.10. The van der Waals surface area contributed by atoms with Crippen LogP contribution in [0.4, 0.5) is 18.9 Å². The highest BCUT2D eigenvalue weighted by Crippen LogP contribution is 2.18. The number of halogens is 3. The quantitative estimate of drug-likeness (QED) is 0.774. The van der Waals surface area contributed by atoms with Gasteiger partial charge in [-0.1, -0.05) is 13.0 Å². The molecule has 0 radical (unpaired) electrons. The maximum Gasteiger partial charge on any atom is 0.405 e. The van der Waals surface area contributed by atoms with E-state index < -0.39 is 24.5 Å². The molecule has 0 bridgehead atoms. The first kappa shape index (κ1) is 18.0. The van der Waals surface area contributed by atoms with E-state index in [1.807, 2.05) is 0 Å². The SMILES string of the molecule is Cc1ccc(C(=O)NCC(F)(F)F)cc1NC(=O)C(C)CN. The first-order valence-corrected chi connectivity index (χ1v) is 6.60. The van der Waals surface area contributed by atoms with E-state index in [9.17, 15) is 22.8 Å². The van der Waals surface area contributed by atoms with E-state index in [2.05, 4.69) is 5.32 Å². The van der Waals surface area contributed by atoms with E-state index in [-0.39, 0.29) is 18.0 Å². The van der Waals surface area contributed by atoms with Crippen molar-refractivity contribution in [1.29, 1.82) is 0 Å². The monoisotopic (exact) mass is 317 g/mol. The number of amides is 2. The van der Waals surface area contributed by atoms with Crippen molar-refractivity contribution in [3.63, 3.8) is 0 Å². The van der Waals surface area contributed by atoms with Gasteiger partial charge in [-0.2, -0.15) is 13.2 Å². The Kier molecular flexibility index (Phi) is 5.92. The highest BCUT2D eigenvalue weighted by Gasteiger charge is 2.28. The van der Waals surface area contributed by atoms with Crippen molar-refractivity contribution >= 4 is 17.5 Å². The summed E-state index contributed by atoms with van der Waals surface area (Å²) in [5, 5.41) is 4.38. The zero-order valence-electron chi connectivity index (χ0n) is 12.3. The normalized spacial score (nSPS) is 12.6. The van der Waals surface area contributed by atoms with Crippen molar-refractivity contribution in [3.8, 4) is 0 Å². The molecule has 0 aliphatic heterocycles. The predicted octanol–water partition coefficient (Wildman–Crippen LogP) is 1.82. The van der Waals surface area contributed by atoms with Crippen LogP contribution >= 0.6 is 0 Å². The minimum Gasteiger partial charge on any atom is -0.343 e. The summed E-state index contributed by atoms with van der Waals surface area (Å²) in [5.74, 6) is -1.60. The van der Waals surface area contributed by atoms with Crippen LogP contribution in [-0.4, -0.2) is 31.1 Å². The van der Waals surface area contributed by atoms with E-state index in [1.165, 1.54) is 12.1 Å². The standard InChI is InChI=1S/C14H18F3N3O2/c1-8-3-4-10(13(22)19-7-14(15,16)17)5-11(8)20-12(21)9(2)6-18/h3-5,9H,6-7,18H2,1-2H3,(H,19,22)(H,20,21). The van der Waals surface area contributed by atoms with Gasteiger partial charge in [0.15, 0.2) is 0 Å². The number of hydrogen-bond acceptors (Lipinski definition) is 3. The largest absolute Gasteiger partial charge is 0.405 e. The number of nitrogens with one attached hydrogen (secondary N) is 2. The molecule has 0 aliphatic carbocycles. The van der Waals surface area contributed by atoms with Gasteiger partial charge in [0, 0.05) is 23.7 Å². The number of anilines is 1. The second-order valence-corrected chi connectivity index (χ2v) is 4.95. The van der Waals surface area contributed by atoms with Crippen LogP contribution < -0.4 is 16.4 Å². The molecule has 5 nitrogen and oxygen atoms in total. The third kappa shape index (κ3) is 5.36. The fourth-order valence-electron chi connectivity index (χ4n) is 1.54. The van der Waals surface area contributed by atoms with Crippen LogP contribution in [0.25, 0.3) is 0 Å². The molecule has 122 valence electrons. The fourth-order valence-corrected chi connectivity index (χ4v) is 1.54. The van der Waals surface area contributed by atoms with Crippen LogP contribution in [-0.2, 0) is 4.79 Å². The minimum absolute atomic E-state index is 0.0329. The first-order chi connectivity index (χ1) is 10.1. The van der Waals surface area contributed by atoms with E-state index >= 15 is 0 Å². The van der Waals surface area contributed by atoms with Gasteiger partial charge in [0.1, 0.15) is 6.54 Å². The third-order valence-electron chi connectivity index (χ3n) is 3.01. The Hall–Kier alpha value is -2.09. The molecule has 0 saturated heterocycles. The zero-order chi connectivity index (χ0) is 16.9. The van der Waals surface area contributed by atoms with Gasteiger partial charge in [0.25, 0.3) is 5.91 Å². The van der Waals surface area contributed by atoms with Crippen LogP contribution in [0, 0.1) is 12.8 Å². The van der Waals surface area contributed by atoms with Crippen LogP contribution in [0.1, 0.15) is 22.8 Å². The summed E-state index contributed by atoms with van der Waals surface area (Å²) in [4.78, 5) is 23.5. The van der Waals surface area contributed by atoms with Crippen molar-refractivity contribution < 1.29 is 22.8 Å². The summed E-state index contributed by atoms with van der Waals surface area (Å²) in [6, 6.07) is 4.27. The maximum absolute atomic E-state index is 12.1. The summed E-state index contributed by atoms with van der Waals surface area (Å²) >= 11 is 0. The molecule has 0 aromatic heterocycles. The lowest BCUT2D eigenvalue weighted by Gasteiger charge is -2.14. The van der Waals surface area contributed by atoms with Gasteiger partial charge in [-0.25, -0.2) is 0 Å². The molecule has 0 fully saturated rings. The number of alkyl halides is 3. The molecule has 1 aromatic rings. The van der Waals surface area contributed by atoms with Gasteiger partial charge in [0.05, 0.1) is 0 Å². The van der Waals surface area contributed by atoms with Gasteiger partial charge >= 0.3 is 6.18 Å². The van der Waals surface area contributed by atoms with Crippen molar-refractivity contribution in [2.75, 3.05) is 18.4 Å². The average molecular weight is 317 g/mol. The van der Waals surface area contributed by atoms with Crippen molar-refractivity contribution in [2.24, 2.45) is 11.7 Å². The second kappa shape index (κ2) is 7.26. The number of aryl methyl sites for hydroxylation is 1.